The number of phenolic OH excluding ortho intramolecular Hbond substituents is 1. The Morgan fingerprint density at radius 3 is 2.95 bits per heavy atom. The van der Waals surface area contributed by atoms with Crippen molar-refractivity contribution in [2.75, 3.05) is 6.61 Å². The van der Waals surface area contributed by atoms with Gasteiger partial charge in [-0.2, -0.15) is 0 Å². The maximum atomic E-state index is 12.5. The number of aromatic hydroxyl groups is 1. The maximum Gasteiger partial charge on any atom is 0.334 e. The Labute approximate surface area is 122 Å². The topological polar surface area (TPSA) is 63.6 Å². The fraction of sp³-hybridized carbons (Fsp3) is 0.412. The van der Waals surface area contributed by atoms with Crippen molar-refractivity contribution in [3.8, 4) is 5.75 Å². The number of carbonyl (C=O) groups is 2. The summed E-state index contributed by atoms with van der Waals surface area (Å²) in [6.45, 7) is 2.45. The Hall–Kier alpha value is -2.10. The molecule has 2 aliphatic carbocycles. The molecule has 0 bridgehead atoms. The van der Waals surface area contributed by atoms with Gasteiger partial charge < -0.3 is 9.84 Å². The Morgan fingerprint density at radius 1 is 1.33 bits per heavy atom. The summed E-state index contributed by atoms with van der Waals surface area (Å²) in [6.07, 6.45) is 1.83. The van der Waals surface area contributed by atoms with Gasteiger partial charge in [-0.3, -0.25) is 4.79 Å². The van der Waals surface area contributed by atoms with E-state index in [1.54, 1.807) is 12.1 Å². The average molecular weight is 284 g/mol. The van der Waals surface area contributed by atoms with E-state index in [-0.39, 0.29) is 28.8 Å². The zero-order chi connectivity index (χ0) is 14.8. The minimum atomic E-state index is -0.221. The van der Waals surface area contributed by atoms with Crippen molar-refractivity contribution in [2.45, 2.75) is 31.6 Å². The van der Waals surface area contributed by atoms with Crippen LogP contribution in [0.1, 0.15) is 42.1 Å². The molecule has 0 fully saturated rings. The summed E-state index contributed by atoms with van der Waals surface area (Å²) in [7, 11) is 0. The SMILES string of the molecule is C[C@]12CCC3=C(COC3=O)C1CC(=O)c1c(O)cccc12. The molecule has 1 N–H and O–H groups in total. The number of carbonyl (C=O) groups excluding carboxylic acids is 2. The summed E-state index contributed by atoms with van der Waals surface area (Å²) in [6, 6.07) is 5.29. The molecule has 1 unspecified atom stereocenters. The van der Waals surface area contributed by atoms with Gasteiger partial charge in [0.15, 0.2) is 5.78 Å². The molecule has 21 heavy (non-hydrogen) atoms. The third-order valence-corrected chi connectivity index (χ3v) is 5.40. The lowest BCUT2D eigenvalue weighted by atomic mass is 9.56. The largest absolute Gasteiger partial charge is 0.507 e. The fourth-order valence-corrected chi connectivity index (χ4v) is 4.23. The van der Waals surface area contributed by atoms with Gasteiger partial charge in [0.2, 0.25) is 0 Å². The first-order chi connectivity index (χ1) is 10.0. The zero-order valence-corrected chi connectivity index (χ0v) is 11.8. The van der Waals surface area contributed by atoms with E-state index in [1.807, 2.05) is 6.07 Å². The number of fused-ring (bicyclic) bond motifs is 4. The van der Waals surface area contributed by atoms with Crippen LogP contribution in [-0.2, 0) is 14.9 Å². The van der Waals surface area contributed by atoms with Gasteiger partial charge in [0.1, 0.15) is 12.4 Å². The van der Waals surface area contributed by atoms with Crippen molar-refractivity contribution in [3.05, 3.63) is 40.5 Å². The highest BCUT2D eigenvalue weighted by Gasteiger charge is 2.50. The fourth-order valence-electron chi connectivity index (χ4n) is 4.23. The monoisotopic (exact) mass is 284 g/mol. The van der Waals surface area contributed by atoms with Crippen molar-refractivity contribution < 1.29 is 19.4 Å². The Balaban J connectivity index is 1.93. The molecule has 4 heteroatoms. The third-order valence-electron chi connectivity index (χ3n) is 5.40. The van der Waals surface area contributed by atoms with E-state index in [4.69, 9.17) is 4.74 Å². The van der Waals surface area contributed by atoms with Crippen LogP contribution >= 0.6 is 0 Å². The van der Waals surface area contributed by atoms with E-state index in [9.17, 15) is 14.7 Å². The second-order valence-electron chi connectivity index (χ2n) is 6.38. The van der Waals surface area contributed by atoms with Crippen LogP contribution < -0.4 is 0 Å². The second kappa shape index (κ2) is 3.97. The number of esters is 1. The number of Topliss-reactive ketones (excluding diaryl/α,β-unsaturated/α-hetero) is 1. The molecule has 1 aromatic carbocycles. The molecule has 4 nitrogen and oxygen atoms in total. The van der Waals surface area contributed by atoms with Crippen molar-refractivity contribution in [3.63, 3.8) is 0 Å². The Morgan fingerprint density at radius 2 is 2.14 bits per heavy atom. The summed E-state index contributed by atoms with van der Waals surface area (Å²) < 4.78 is 5.17. The molecule has 2 atom stereocenters. The molecule has 3 aliphatic rings. The number of hydrogen-bond donors (Lipinski definition) is 1. The van der Waals surface area contributed by atoms with Crippen LogP contribution in [0.4, 0.5) is 0 Å². The first kappa shape index (κ1) is 12.6. The van der Waals surface area contributed by atoms with E-state index in [0.717, 1.165) is 23.1 Å². The predicted molar refractivity (Wildman–Crippen MR) is 75.1 cm³/mol. The molecule has 0 amide bonds. The minimum absolute atomic E-state index is 0.00880. The van der Waals surface area contributed by atoms with Crippen LogP contribution in [0.2, 0.25) is 0 Å². The number of cyclic esters (lactones) is 1. The molecule has 1 aliphatic heterocycles. The smallest absolute Gasteiger partial charge is 0.334 e. The molecule has 0 saturated carbocycles. The van der Waals surface area contributed by atoms with Crippen molar-refractivity contribution >= 4 is 11.8 Å². The molecule has 4 rings (SSSR count). The van der Waals surface area contributed by atoms with Gasteiger partial charge in [0.25, 0.3) is 0 Å². The first-order valence-corrected chi connectivity index (χ1v) is 7.27. The van der Waals surface area contributed by atoms with Crippen LogP contribution in [0.3, 0.4) is 0 Å². The molecule has 0 spiro atoms. The lowest BCUT2D eigenvalue weighted by molar-refractivity contribution is -0.136. The van der Waals surface area contributed by atoms with E-state index in [2.05, 4.69) is 6.92 Å². The highest BCUT2D eigenvalue weighted by molar-refractivity contribution is 6.03. The lowest BCUT2D eigenvalue weighted by Crippen LogP contribution is -2.43. The maximum absolute atomic E-state index is 12.5. The van der Waals surface area contributed by atoms with E-state index < -0.39 is 0 Å². The Bertz CT molecular complexity index is 716. The molecular formula is C17H16O4. The molecular weight excluding hydrogens is 268 g/mol. The van der Waals surface area contributed by atoms with E-state index in [1.165, 1.54) is 0 Å². The Kier molecular flexibility index (Phi) is 2.39. The molecule has 108 valence electrons. The van der Waals surface area contributed by atoms with Crippen molar-refractivity contribution in [1.82, 2.24) is 0 Å². The summed E-state index contributed by atoms with van der Waals surface area (Å²) in [5, 5.41) is 10.0. The van der Waals surface area contributed by atoms with Gasteiger partial charge in [-0.25, -0.2) is 4.79 Å². The van der Waals surface area contributed by atoms with Gasteiger partial charge in [-0.15, -0.1) is 0 Å². The highest BCUT2D eigenvalue weighted by atomic mass is 16.5. The van der Waals surface area contributed by atoms with Crippen LogP contribution in [0.5, 0.6) is 5.75 Å². The lowest BCUT2D eigenvalue weighted by Gasteiger charge is -2.45. The van der Waals surface area contributed by atoms with Crippen molar-refractivity contribution in [1.29, 1.82) is 0 Å². The van der Waals surface area contributed by atoms with Crippen LogP contribution in [0.15, 0.2) is 29.3 Å². The van der Waals surface area contributed by atoms with Gasteiger partial charge in [-0.05, 0) is 30.0 Å². The number of rotatable bonds is 0. The van der Waals surface area contributed by atoms with Crippen LogP contribution in [0, 0.1) is 5.92 Å². The molecule has 0 saturated heterocycles. The van der Waals surface area contributed by atoms with Crippen LogP contribution in [0.25, 0.3) is 0 Å². The molecule has 0 aromatic heterocycles. The molecule has 1 aromatic rings. The van der Waals surface area contributed by atoms with E-state index >= 15 is 0 Å². The van der Waals surface area contributed by atoms with Crippen molar-refractivity contribution in [2.24, 2.45) is 5.92 Å². The number of benzene rings is 1. The second-order valence-corrected chi connectivity index (χ2v) is 6.38. The number of hydrogen-bond acceptors (Lipinski definition) is 4. The number of ether oxygens (including phenoxy) is 1. The van der Waals surface area contributed by atoms with Gasteiger partial charge in [0.05, 0.1) is 5.56 Å². The molecule has 0 radical (unpaired) electrons. The summed E-state index contributed by atoms with van der Waals surface area (Å²) in [5.41, 5.74) is 2.93. The number of ketones is 1. The average Bonchev–Trinajstić information content (AvgIpc) is 2.82. The van der Waals surface area contributed by atoms with Gasteiger partial charge in [-0.1, -0.05) is 19.1 Å². The quantitative estimate of drug-likeness (QED) is 0.743. The van der Waals surface area contributed by atoms with Gasteiger partial charge >= 0.3 is 5.97 Å². The molecule has 1 heterocycles. The number of phenols is 1. The third kappa shape index (κ3) is 1.50. The summed E-state index contributed by atoms with van der Waals surface area (Å²) >= 11 is 0. The first-order valence-electron chi connectivity index (χ1n) is 7.27. The predicted octanol–water partition coefficient (Wildman–Crippen LogP) is 2.50. The van der Waals surface area contributed by atoms with Crippen LogP contribution in [-0.4, -0.2) is 23.5 Å². The highest BCUT2D eigenvalue weighted by Crippen LogP contribution is 2.54. The standard InChI is InChI=1S/C17H16O4/c1-17-6-5-9-10(8-21-16(9)20)12(17)7-14(19)15-11(17)3-2-4-13(15)18/h2-4,12,18H,5-8H2,1H3/t12?,17-/m1/s1. The minimum Gasteiger partial charge on any atom is -0.507 e. The van der Waals surface area contributed by atoms with E-state index in [0.29, 0.717) is 25.0 Å². The normalized spacial score (nSPS) is 30.6. The summed E-state index contributed by atoms with van der Waals surface area (Å²) in [5.74, 6) is -0.190. The summed E-state index contributed by atoms with van der Waals surface area (Å²) in [4.78, 5) is 24.2. The zero-order valence-electron chi connectivity index (χ0n) is 11.8. The van der Waals surface area contributed by atoms with Gasteiger partial charge in [0, 0.05) is 23.3 Å².